The van der Waals surface area contributed by atoms with Crippen LogP contribution in [0, 0.1) is 15.9 Å². The molecule has 122 valence electrons. The van der Waals surface area contributed by atoms with Crippen LogP contribution in [0.2, 0.25) is 0 Å². The normalized spacial score (nSPS) is 11.4. The first-order valence-electron chi connectivity index (χ1n) is 5.99. The number of aromatic carboxylic acids is 1. The molecule has 0 aromatic heterocycles. The maximum absolute atomic E-state index is 13.8. The monoisotopic (exact) mass is 326 g/mol. The fourth-order valence-corrected chi connectivity index (χ4v) is 1.53. The Balaban J connectivity index is 3.30. The van der Waals surface area contributed by atoms with Crippen molar-refractivity contribution in [1.82, 2.24) is 0 Å². The van der Waals surface area contributed by atoms with Crippen molar-refractivity contribution in [3.8, 4) is 0 Å². The van der Waals surface area contributed by atoms with Crippen LogP contribution in [0.5, 0.6) is 0 Å². The number of rotatable bonds is 5. The number of amides is 1. The minimum atomic E-state index is -1.68. The summed E-state index contributed by atoms with van der Waals surface area (Å²) in [5, 5.41) is 30.4. The number of nitrogens with one attached hydrogen (secondary N) is 1. The number of hydrogen-bond donors (Lipinski definition) is 3. The number of halogens is 1. The molecule has 10 heteroatoms. The van der Waals surface area contributed by atoms with E-state index in [0.29, 0.717) is 12.1 Å². The van der Waals surface area contributed by atoms with E-state index in [0.717, 1.165) is 6.92 Å². The summed E-state index contributed by atoms with van der Waals surface area (Å²) in [6.07, 6.45) is 0. The maximum Gasteiger partial charge on any atom is 0.342 e. The van der Waals surface area contributed by atoms with Crippen molar-refractivity contribution in [2.24, 2.45) is 0 Å². The van der Waals surface area contributed by atoms with Gasteiger partial charge in [-0.2, -0.15) is 0 Å². The van der Waals surface area contributed by atoms with E-state index in [1.165, 1.54) is 6.92 Å². The molecule has 0 spiro atoms. The van der Waals surface area contributed by atoms with Gasteiger partial charge in [0.2, 0.25) is 0 Å². The number of nitro groups is 1. The van der Waals surface area contributed by atoms with E-state index in [1.807, 2.05) is 5.32 Å². The number of benzene rings is 1. The summed E-state index contributed by atoms with van der Waals surface area (Å²) >= 11 is 0. The van der Waals surface area contributed by atoms with Gasteiger partial charge in [-0.05, 0) is 19.9 Å². The number of carbonyl (C=O) groups excluding carboxylic acids is 1. The predicted octanol–water partition coefficient (Wildman–Crippen LogP) is 1.79. The Morgan fingerprint density at radius 1 is 1.17 bits per heavy atom. The molecule has 1 amide bonds. The first-order chi connectivity index (χ1) is 10.6. The SMILES string of the molecule is CC(C(=O)O)=C(C)C(=O)Nc1cc(C(=O)O)c([N+](=O)[O-])cc1F. The standard InChI is InChI=1S/C13H11FN2O7/c1-5(6(2)12(18)19)11(17)15-9-3-7(13(20)21)10(16(22)23)4-8(9)14/h3-4H,1-2H3,(H,15,17)(H,18,19)(H,20,21). The molecule has 0 radical (unpaired) electrons. The molecule has 23 heavy (non-hydrogen) atoms. The zero-order valence-electron chi connectivity index (χ0n) is 11.9. The average Bonchev–Trinajstić information content (AvgIpc) is 2.46. The lowest BCUT2D eigenvalue weighted by Crippen LogP contribution is -2.17. The Kier molecular flexibility index (Phi) is 5.13. The lowest BCUT2D eigenvalue weighted by atomic mass is 10.1. The van der Waals surface area contributed by atoms with Gasteiger partial charge in [-0.15, -0.1) is 0 Å². The van der Waals surface area contributed by atoms with Crippen LogP contribution in [0.25, 0.3) is 0 Å². The number of aliphatic carboxylic acids is 1. The third kappa shape index (κ3) is 3.87. The van der Waals surface area contributed by atoms with Crippen LogP contribution in [0.3, 0.4) is 0 Å². The van der Waals surface area contributed by atoms with Gasteiger partial charge in [0.1, 0.15) is 5.56 Å². The number of carboxylic acids is 2. The van der Waals surface area contributed by atoms with Crippen LogP contribution in [0.4, 0.5) is 15.8 Å². The molecule has 1 aromatic rings. The van der Waals surface area contributed by atoms with Gasteiger partial charge < -0.3 is 15.5 Å². The quantitative estimate of drug-likeness (QED) is 0.424. The summed E-state index contributed by atoms with van der Waals surface area (Å²) < 4.78 is 13.8. The Morgan fingerprint density at radius 3 is 2.17 bits per heavy atom. The minimum absolute atomic E-state index is 0.230. The third-order valence-corrected chi connectivity index (χ3v) is 2.98. The first-order valence-corrected chi connectivity index (χ1v) is 5.99. The summed E-state index contributed by atoms with van der Waals surface area (Å²) in [6, 6.07) is 0.958. The predicted molar refractivity (Wildman–Crippen MR) is 74.7 cm³/mol. The van der Waals surface area contributed by atoms with Crippen LogP contribution in [0.1, 0.15) is 24.2 Å². The van der Waals surface area contributed by atoms with E-state index in [1.54, 1.807) is 0 Å². The van der Waals surface area contributed by atoms with Crippen molar-refractivity contribution in [1.29, 1.82) is 0 Å². The highest BCUT2D eigenvalue weighted by Gasteiger charge is 2.24. The molecule has 3 N–H and O–H groups in total. The topological polar surface area (TPSA) is 147 Å². The van der Waals surface area contributed by atoms with E-state index in [9.17, 15) is 28.9 Å². The molecule has 0 unspecified atom stereocenters. The molecular weight excluding hydrogens is 315 g/mol. The number of nitro benzene ring substituents is 1. The fourth-order valence-electron chi connectivity index (χ4n) is 1.53. The molecule has 0 aliphatic rings. The second-order valence-corrected chi connectivity index (χ2v) is 4.42. The molecule has 1 rings (SSSR count). The van der Waals surface area contributed by atoms with Gasteiger partial charge in [0.15, 0.2) is 5.82 Å². The van der Waals surface area contributed by atoms with Crippen molar-refractivity contribution in [3.63, 3.8) is 0 Å². The van der Waals surface area contributed by atoms with Gasteiger partial charge in [-0.1, -0.05) is 0 Å². The molecule has 1 aromatic carbocycles. The molecule has 0 aliphatic carbocycles. The molecule has 0 aliphatic heterocycles. The van der Waals surface area contributed by atoms with Gasteiger partial charge >= 0.3 is 11.9 Å². The molecule has 0 atom stereocenters. The highest BCUT2D eigenvalue weighted by molar-refractivity contribution is 6.08. The lowest BCUT2D eigenvalue weighted by Gasteiger charge is -2.09. The summed E-state index contributed by atoms with van der Waals surface area (Å²) in [5.41, 5.74) is -2.92. The first kappa shape index (κ1) is 17.8. The van der Waals surface area contributed by atoms with Gasteiger partial charge in [0.25, 0.3) is 11.6 Å². The van der Waals surface area contributed by atoms with E-state index < -0.39 is 45.5 Å². The van der Waals surface area contributed by atoms with Crippen molar-refractivity contribution >= 4 is 29.2 Å². The number of nitrogens with zero attached hydrogens (tertiary/aromatic N) is 1. The Bertz CT molecular complexity index is 755. The highest BCUT2D eigenvalue weighted by atomic mass is 19.1. The van der Waals surface area contributed by atoms with Crippen molar-refractivity contribution < 1.29 is 33.9 Å². The lowest BCUT2D eigenvalue weighted by molar-refractivity contribution is -0.385. The number of hydrogen-bond acceptors (Lipinski definition) is 5. The van der Waals surface area contributed by atoms with Gasteiger partial charge in [-0.25, -0.2) is 14.0 Å². The molecule has 0 saturated carbocycles. The molecular formula is C13H11FN2O7. The molecule has 0 heterocycles. The Labute approximate surface area is 128 Å². The van der Waals surface area contributed by atoms with Crippen molar-refractivity contribution in [2.75, 3.05) is 5.32 Å². The van der Waals surface area contributed by atoms with Gasteiger partial charge in [0, 0.05) is 11.1 Å². The number of carbonyl (C=O) groups is 3. The third-order valence-electron chi connectivity index (χ3n) is 2.98. The zero-order valence-corrected chi connectivity index (χ0v) is 11.9. The van der Waals surface area contributed by atoms with Gasteiger partial charge in [-0.3, -0.25) is 14.9 Å². The van der Waals surface area contributed by atoms with Crippen LogP contribution >= 0.6 is 0 Å². The molecule has 0 bridgehead atoms. The average molecular weight is 326 g/mol. The highest BCUT2D eigenvalue weighted by Crippen LogP contribution is 2.26. The van der Waals surface area contributed by atoms with E-state index in [-0.39, 0.29) is 11.1 Å². The largest absolute Gasteiger partial charge is 0.478 e. The summed E-state index contributed by atoms with van der Waals surface area (Å²) in [7, 11) is 0. The molecule has 0 fully saturated rings. The van der Waals surface area contributed by atoms with Crippen molar-refractivity contribution in [3.05, 3.63) is 44.8 Å². The van der Waals surface area contributed by atoms with Crippen LogP contribution < -0.4 is 5.32 Å². The summed E-state index contributed by atoms with van der Waals surface area (Å²) in [4.78, 5) is 43.2. The van der Waals surface area contributed by atoms with E-state index >= 15 is 0 Å². The molecule has 9 nitrogen and oxygen atoms in total. The Hall–Kier alpha value is -3.30. The van der Waals surface area contributed by atoms with E-state index in [4.69, 9.17) is 10.2 Å². The summed E-state index contributed by atoms with van der Waals surface area (Å²) in [5.74, 6) is -5.24. The van der Waals surface area contributed by atoms with Crippen LogP contribution in [-0.4, -0.2) is 33.0 Å². The smallest absolute Gasteiger partial charge is 0.342 e. The summed E-state index contributed by atoms with van der Waals surface area (Å²) in [6.45, 7) is 2.34. The number of carboxylic acid groups (broad SMARTS) is 2. The maximum atomic E-state index is 13.8. The Morgan fingerprint density at radius 2 is 1.74 bits per heavy atom. The second-order valence-electron chi connectivity index (χ2n) is 4.42. The zero-order chi connectivity index (χ0) is 17.9. The second kappa shape index (κ2) is 6.64. The fraction of sp³-hybridized carbons (Fsp3) is 0.154. The molecule has 0 saturated heterocycles. The van der Waals surface area contributed by atoms with Gasteiger partial charge in [0.05, 0.1) is 16.7 Å². The van der Waals surface area contributed by atoms with Crippen molar-refractivity contribution in [2.45, 2.75) is 13.8 Å². The van der Waals surface area contributed by atoms with Crippen LogP contribution in [0.15, 0.2) is 23.3 Å². The number of anilines is 1. The van der Waals surface area contributed by atoms with Crippen LogP contribution in [-0.2, 0) is 9.59 Å². The van der Waals surface area contributed by atoms with E-state index in [2.05, 4.69) is 0 Å². The minimum Gasteiger partial charge on any atom is -0.478 e.